The van der Waals surface area contributed by atoms with Gasteiger partial charge in [0, 0.05) is 37.7 Å². The van der Waals surface area contributed by atoms with E-state index < -0.39 is 0 Å². The third kappa shape index (κ3) is 3.97. The fourth-order valence-electron chi connectivity index (χ4n) is 4.35. The molecule has 2 fully saturated rings. The summed E-state index contributed by atoms with van der Waals surface area (Å²) in [6.45, 7) is 5.82. The van der Waals surface area contributed by atoms with Gasteiger partial charge in [0.25, 0.3) is 0 Å². The van der Waals surface area contributed by atoms with E-state index in [4.69, 9.17) is 14.8 Å². The van der Waals surface area contributed by atoms with Crippen LogP contribution in [0.2, 0.25) is 0 Å². The lowest BCUT2D eigenvalue weighted by molar-refractivity contribution is 0.122. The minimum atomic E-state index is -0.129. The molecule has 1 atom stereocenters. The molecular formula is C22H26FN5O. The summed E-state index contributed by atoms with van der Waals surface area (Å²) in [6, 6.07) is 11.2. The second-order valence-electron chi connectivity index (χ2n) is 7.93. The first kappa shape index (κ1) is 18.5. The van der Waals surface area contributed by atoms with Crippen LogP contribution in [0, 0.1) is 5.82 Å². The van der Waals surface area contributed by atoms with Crippen LogP contribution in [0.25, 0.3) is 5.65 Å². The normalized spacial score (nSPS) is 21.0. The lowest BCUT2D eigenvalue weighted by Crippen LogP contribution is -2.36. The van der Waals surface area contributed by atoms with Crippen molar-refractivity contribution in [1.82, 2.24) is 19.5 Å². The summed E-state index contributed by atoms with van der Waals surface area (Å²) < 4.78 is 21.4. The van der Waals surface area contributed by atoms with E-state index in [0.717, 1.165) is 75.0 Å². The van der Waals surface area contributed by atoms with Gasteiger partial charge in [0.2, 0.25) is 0 Å². The van der Waals surface area contributed by atoms with Crippen LogP contribution in [0.15, 0.2) is 42.6 Å². The lowest BCUT2D eigenvalue weighted by atomic mass is 9.97. The largest absolute Gasteiger partial charge is 0.378 e. The number of halogens is 1. The average molecular weight is 395 g/mol. The third-order valence-electron chi connectivity index (χ3n) is 5.93. The number of ether oxygens (including phenoxy) is 1. The Morgan fingerprint density at radius 3 is 2.79 bits per heavy atom. The Morgan fingerprint density at radius 2 is 1.93 bits per heavy atom. The Labute approximate surface area is 169 Å². The fourth-order valence-corrected chi connectivity index (χ4v) is 4.35. The van der Waals surface area contributed by atoms with Gasteiger partial charge in [-0.2, -0.15) is 5.10 Å². The maximum absolute atomic E-state index is 14.0. The molecule has 152 valence electrons. The van der Waals surface area contributed by atoms with Crippen molar-refractivity contribution in [2.24, 2.45) is 0 Å². The number of fused-ring (bicyclic) bond motifs is 1. The van der Waals surface area contributed by atoms with Gasteiger partial charge in [0.1, 0.15) is 5.82 Å². The highest BCUT2D eigenvalue weighted by Gasteiger charge is 2.25. The number of pyridine rings is 1. The molecule has 5 rings (SSSR count). The molecule has 2 aliphatic heterocycles. The maximum atomic E-state index is 14.0. The molecule has 29 heavy (non-hydrogen) atoms. The van der Waals surface area contributed by atoms with Crippen LogP contribution >= 0.6 is 0 Å². The topological polar surface area (TPSA) is 45.9 Å². The first-order valence-electron chi connectivity index (χ1n) is 10.4. The number of nitrogens with zero attached hydrogens (tertiary/aromatic N) is 5. The van der Waals surface area contributed by atoms with Gasteiger partial charge in [-0.15, -0.1) is 0 Å². The van der Waals surface area contributed by atoms with Crippen LogP contribution in [0.3, 0.4) is 0 Å². The molecule has 0 N–H and O–H groups in total. The molecule has 2 saturated heterocycles. The molecule has 6 nitrogen and oxygen atoms in total. The predicted octanol–water partition coefficient (Wildman–Crippen LogP) is 3.08. The monoisotopic (exact) mass is 395 g/mol. The zero-order chi connectivity index (χ0) is 19.6. The van der Waals surface area contributed by atoms with E-state index in [1.54, 1.807) is 6.07 Å². The maximum Gasteiger partial charge on any atom is 0.156 e. The van der Waals surface area contributed by atoms with Crippen LogP contribution in [-0.4, -0.2) is 58.9 Å². The molecule has 3 aromatic rings. The van der Waals surface area contributed by atoms with Gasteiger partial charge >= 0.3 is 0 Å². The number of hydrogen-bond acceptors (Lipinski definition) is 5. The Balaban J connectivity index is 1.32. The molecular weight excluding hydrogens is 369 g/mol. The van der Waals surface area contributed by atoms with Gasteiger partial charge < -0.3 is 9.64 Å². The summed E-state index contributed by atoms with van der Waals surface area (Å²) in [4.78, 5) is 9.43. The van der Waals surface area contributed by atoms with Crippen molar-refractivity contribution in [1.29, 1.82) is 0 Å². The Bertz CT molecular complexity index is 984. The summed E-state index contributed by atoms with van der Waals surface area (Å²) in [5.74, 6) is 1.04. The van der Waals surface area contributed by atoms with Crippen molar-refractivity contribution >= 4 is 11.3 Å². The molecule has 1 unspecified atom stereocenters. The number of rotatable bonds is 4. The molecule has 0 bridgehead atoms. The van der Waals surface area contributed by atoms with Crippen molar-refractivity contribution in [2.45, 2.75) is 25.3 Å². The van der Waals surface area contributed by atoms with Crippen molar-refractivity contribution in [3.63, 3.8) is 0 Å². The zero-order valence-corrected chi connectivity index (χ0v) is 16.5. The van der Waals surface area contributed by atoms with Gasteiger partial charge in [-0.25, -0.2) is 13.9 Å². The van der Waals surface area contributed by atoms with Crippen molar-refractivity contribution < 1.29 is 9.13 Å². The van der Waals surface area contributed by atoms with Crippen molar-refractivity contribution in [3.05, 3.63) is 59.8 Å². The standard InChI is InChI=1S/C22H26FN5O/c23-20-6-2-1-4-17(20)14-26-9-3-5-18(15-26)22-24-21-8-7-19(16-28(21)25-22)27-10-12-29-13-11-27/h1-2,4,6-8,16,18H,3,5,9-15H2. The molecule has 0 amide bonds. The molecule has 7 heteroatoms. The quantitative estimate of drug-likeness (QED) is 0.679. The summed E-state index contributed by atoms with van der Waals surface area (Å²) in [5.41, 5.74) is 2.79. The third-order valence-corrected chi connectivity index (χ3v) is 5.93. The molecule has 2 aliphatic rings. The number of morpholine rings is 1. The fraction of sp³-hybridized carbons (Fsp3) is 0.455. The number of hydrogen-bond donors (Lipinski definition) is 0. The SMILES string of the molecule is Fc1ccccc1CN1CCCC(c2nc3ccc(N4CCOCC4)cn3n2)C1. The molecule has 2 aromatic heterocycles. The molecule has 4 heterocycles. The van der Waals surface area contributed by atoms with Gasteiger partial charge in [-0.1, -0.05) is 18.2 Å². The van der Waals surface area contributed by atoms with E-state index in [9.17, 15) is 4.39 Å². The number of piperidine rings is 1. The number of benzene rings is 1. The number of anilines is 1. The first-order chi connectivity index (χ1) is 14.3. The highest BCUT2D eigenvalue weighted by atomic mass is 19.1. The molecule has 0 aliphatic carbocycles. The number of likely N-dealkylation sites (tertiary alicyclic amines) is 1. The van der Waals surface area contributed by atoms with E-state index in [2.05, 4.69) is 22.1 Å². The molecule has 1 aromatic carbocycles. The van der Waals surface area contributed by atoms with Gasteiger partial charge in [-0.3, -0.25) is 4.90 Å². The van der Waals surface area contributed by atoms with Crippen LogP contribution in [-0.2, 0) is 11.3 Å². The molecule has 0 radical (unpaired) electrons. The lowest BCUT2D eigenvalue weighted by Gasteiger charge is -2.31. The minimum Gasteiger partial charge on any atom is -0.378 e. The molecule has 0 saturated carbocycles. The highest BCUT2D eigenvalue weighted by molar-refractivity contribution is 5.51. The average Bonchev–Trinajstić information content (AvgIpc) is 3.20. The minimum absolute atomic E-state index is 0.129. The van der Waals surface area contributed by atoms with Crippen LogP contribution in [0.5, 0.6) is 0 Å². The van der Waals surface area contributed by atoms with Crippen LogP contribution < -0.4 is 4.90 Å². The van der Waals surface area contributed by atoms with Gasteiger partial charge in [-0.05, 0) is 37.6 Å². The van der Waals surface area contributed by atoms with Crippen LogP contribution in [0.1, 0.15) is 30.1 Å². The summed E-state index contributed by atoms with van der Waals surface area (Å²) in [6.07, 6.45) is 4.21. The molecule has 0 spiro atoms. The summed E-state index contributed by atoms with van der Waals surface area (Å²) in [7, 11) is 0. The Kier molecular flexibility index (Phi) is 5.16. The second-order valence-corrected chi connectivity index (χ2v) is 7.93. The van der Waals surface area contributed by atoms with E-state index in [0.29, 0.717) is 6.54 Å². The van der Waals surface area contributed by atoms with Gasteiger partial charge in [0.05, 0.1) is 25.1 Å². The van der Waals surface area contributed by atoms with Gasteiger partial charge in [0.15, 0.2) is 11.5 Å². The van der Waals surface area contributed by atoms with Crippen molar-refractivity contribution in [3.8, 4) is 0 Å². The summed E-state index contributed by atoms with van der Waals surface area (Å²) in [5, 5.41) is 4.80. The van der Waals surface area contributed by atoms with E-state index >= 15 is 0 Å². The Hall–Kier alpha value is -2.51. The summed E-state index contributed by atoms with van der Waals surface area (Å²) >= 11 is 0. The number of aromatic nitrogens is 3. The highest BCUT2D eigenvalue weighted by Crippen LogP contribution is 2.27. The van der Waals surface area contributed by atoms with E-state index in [1.807, 2.05) is 22.7 Å². The first-order valence-corrected chi connectivity index (χ1v) is 10.4. The second kappa shape index (κ2) is 8.08. The Morgan fingerprint density at radius 1 is 1.07 bits per heavy atom. The predicted molar refractivity (Wildman–Crippen MR) is 110 cm³/mol. The van der Waals surface area contributed by atoms with Crippen LogP contribution in [0.4, 0.5) is 10.1 Å². The van der Waals surface area contributed by atoms with Crippen molar-refractivity contribution in [2.75, 3.05) is 44.3 Å². The van der Waals surface area contributed by atoms with E-state index in [-0.39, 0.29) is 11.7 Å². The smallest absolute Gasteiger partial charge is 0.156 e. The zero-order valence-electron chi connectivity index (χ0n) is 16.5. The van der Waals surface area contributed by atoms with E-state index in [1.165, 1.54) is 6.07 Å².